The van der Waals surface area contributed by atoms with E-state index in [4.69, 9.17) is 9.47 Å². The summed E-state index contributed by atoms with van der Waals surface area (Å²) in [5.74, 6) is 0. The Morgan fingerprint density at radius 2 is 2.57 bits per heavy atom. The molecule has 1 aromatic rings. The molecular weight excluding hydrogens is 202 g/mol. The van der Waals surface area contributed by atoms with Crippen molar-refractivity contribution < 1.29 is 14.6 Å². The van der Waals surface area contributed by atoms with Crippen LogP contribution in [0.2, 0.25) is 0 Å². The van der Waals surface area contributed by atoms with Crippen molar-refractivity contribution in [2.45, 2.75) is 25.0 Å². The average Bonchev–Trinajstić information content (AvgIpc) is 2.75. The van der Waals surface area contributed by atoms with Gasteiger partial charge >= 0.3 is 0 Å². The number of nitrogens with zero attached hydrogens (tertiary/aromatic N) is 1. The highest BCUT2D eigenvalue weighted by atomic mass is 32.1. The fraction of sp³-hybridized carbons (Fsp3) is 0.667. The Labute approximate surface area is 86.5 Å². The molecule has 1 fully saturated rings. The van der Waals surface area contributed by atoms with Crippen LogP contribution in [0.3, 0.4) is 0 Å². The minimum Gasteiger partial charge on any atom is -0.473 e. The third kappa shape index (κ3) is 1.41. The number of hydrogen-bond acceptors (Lipinski definition) is 5. The normalized spacial score (nSPS) is 32.1. The molecule has 2 unspecified atom stereocenters. The van der Waals surface area contributed by atoms with E-state index >= 15 is 0 Å². The van der Waals surface area contributed by atoms with Crippen molar-refractivity contribution in [2.24, 2.45) is 0 Å². The lowest BCUT2D eigenvalue weighted by atomic mass is 9.94. The van der Waals surface area contributed by atoms with Crippen molar-refractivity contribution in [3.63, 3.8) is 0 Å². The predicted octanol–water partition coefficient (Wildman–Crippen LogP) is 1.15. The van der Waals surface area contributed by atoms with Gasteiger partial charge in [0.15, 0.2) is 0 Å². The van der Waals surface area contributed by atoms with Crippen LogP contribution in [-0.4, -0.2) is 29.9 Å². The molecule has 0 aliphatic carbocycles. The maximum absolute atomic E-state index is 10.3. The Balaban J connectivity index is 2.28. The van der Waals surface area contributed by atoms with Gasteiger partial charge in [0.05, 0.1) is 25.5 Å². The Morgan fingerprint density at radius 1 is 1.79 bits per heavy atom. The molecule has 1 aliphatic rings. The number of thiazole rings is 1. The second-order valence-corrected chi connectivity index (χ2v) is 4.21. The van der Waals surface area contributed by atoms with Gasteiger partial charge in [0.2, 0.25) is 0 Å². The Bertz CT molecular complexity index is 328. The molecule has 0 aromatic carbocycles. The van der Waals surface area contributed by atoms with Gasteiger partial charge in [0, 0.05) is 11.8 Å². The minimum absolute atomic E-state index is 0.200. The van der Waals surface area contributed by atoms with Gasteiger partial charge in [0.25, 0.3) is 5.19 Å². The van der Waals surface area contributed by atoms with E-state index in [0.29, 0.717) is 23.9 Å². The molecule has 0 spiro atoms. The molecule has 0 bridgehead atoms. The van der Waals surface area contributed by atoms with E-state index in [1.165, 1.54) is 11.3 Å². The summed E-state index contributed by atoms with van der Waals surface area (Å²) in [5.41, 5.74) is -0.280. The second-order valence-electron chi connectivity index (χ2n) is 3.39. The smallest absolute Gasteiger partial charge is 0.273 e. The van der Waals surface area contributed by atoms with E-state index in [1.54, 1.807) is 7.11 Å². The first-order chi connectivity index (χ1) is 6.66. The molecule has 14 heavy (non-hydrogen) atoms. The number of aliphatic hydroxyl groups is 1. The summed E-state index contributed by atoms with van der Waals surface area (Å²) in [4.78, 5) is 4.20. The molecule has 1 N–H and O–H groups in total. The van der Waals surface area contributed by atoms with Crippen LogP contribution in [0.4, 0.5) is 0 Å². The first-order valence-corrected chi connectivity index (χ1v) is 5.39. The third-order valence-electron chi connectivity index (χ3n) is 2.62. The summed E-state index contributed by atoms with van der Waals surface area (Å²) in [5, 5.41) is 12.7. The van der Waals surface area contributed by atoms with E-state index < -0.39 is 5.60 Å². The summed E-state index contributed by atoms with van der Waals surface area (Å²) < 4.78 is 10.3. The van der Waals surface area contributed by atoms with E-state index in [0.717, 1.165) is 0 Å². The van der Waals surface area contributed by atoms with Gasteiger partial charge < -0.3 is 14.6 Å². The Morgan fingerprint density at radius 3 is 3.07 bits per heavy atom. The first kappa shape index (κ1) is 9.89. The second kappa shape index (κ2) is 3.49. The van der Waals surface area contributed by atoms with Crippen molar-refractivity contribution in [1.82, 2.24) is 4.98 Å². The zero-order chi connectivity index (χ0) is 10.2. The van der Waals surface area contributed by atoms with Crippen molar-refractivity contribution in [3.8, 4) is 5.19 Å². The van der Waals surface area contributed by atoms with Crippen LogP contribution in [0.5, 0.6) is 5.19 Å². The largest absolute Gasteiger partial charge is 0.473 e. The first-order valence-electron chi connectivity index (χ1n) is 4.51. The van der Waals surface area contributed by atoms with E-state index in [2.05, 4.69) is 4.98 Å². The maximum atomic E-state index is 10.3. The quantitative estimate of drug-likeness (QED) is 0.804. The number of aromatic nitrogens is 1. The molecule has 5 heteroatoms. The lowest BCUT2D eigenvalue weighted by Gasteiger charge is -2.23. The molecule has 2 rings (SSSR count). The molecule has 2 atom stereocenters. The monoisotopic (exact) mass is 215 g/mol. The van der Waals surface area contributed by atoms with Crippen LogP contribution < -0.4 is 4.74 Å². The van der Waals surface area contributed by atoms with Gasteiger partial charge in [-0.15, -0.1) is 0 Å². The van der Waals surface area contributed by atoms with Crippen LogP contribution in [-0.2, 0) is 10.3 Å². The minimum atomic E-state index is -0.937. The molecule has 0 saturated carbocycles. The van der Waals surface area contributed by atoms with E-state index in [1.807, 2.05) is 12.3 Å². The average molecular weight is 215 g/mol. The lowest BCUT2D eigenvalue weighted by Crippen LogP contribution is -2.33. The molecule has 4 nitrogen and oxygen atoms in total. The molecule has 1 aromatic heterocycles. The maximum Gasteiger partial charge on any atom is 0.273 e. The number of rotatable bonds is 2. The summed E-state index contributed by atoms with van der Waals surface area (Å²) in [6.45, 7) is 2.44. The van der Waals surface area contributed by atoms with Crippen molar-refractivity contribution in [2.75, 3.05) is 13.7 Å². The molecule has 2 heterocycles. The van der Waals surface area contributed by atoms with E-state index in [-0.39, 0.29) is 6.10 Å². The number of ether oxygens (including phenoxy) is 2. The van der Waals surface area contributed by atoms with Gasteiger partial charge in [-0.1, -0.05) is 11.3 Å². The summed E-state index contributed by atoms with van der Waals surface area (Å²) in [6, 6.07) is 0. The predicted molar refractivity (Wildman–Crippen MR) is 52.6 cm³/mol. The lowest BCUT2D eigenvalue weighted by molar-refractivity contribution is -0.0345. The highest BCUT2D eigenvalue weighted by Gasteiger charge is 2.43. The van der Waals surface area contributed by atoms with Crippen LogP contribution in [0.1, 0.15) is 19.0 Å². The molecule has 0 amide bonds. The van der Waals surface area contributed by atoms with Crippen LogP contribution in [0.15, 0.2) is 5.38 Å². The molecule has 1 aliphatic heterocycles. The SMILES string of the molecule is COc1nc(C2(O)CCOC2C)cs1. The summed E-state index contributed by atoms with van der Waals surface area (Å²) in [6.07, 6.45) is 0.399. The van der Waals surface area contributed by atoms with Gasteiger partial charge in [-0.25, -0.2) is 4.98 Å². The Hall–Kier alpha value is -0.650. The summed E-state index contributed by atoms with van der Waals surface area (Å²) in [7, 11) is 1.57. The Kier molecular flexibility index (Phi) is 2.47. The zero-order valence-electron chi connectivity index (χ0n) is 8.19. The number of hydrogen-bond donors (Lipinski definition) is 1. The third-order valence-corrected chi connectivity index (χ3v) is 3.43. The molecule has 1 saturated heterocycles. The molecule has 0 radical (unpaired) electrons. The zero-order valence-corrected chi connectivity index (χ0v) is 9.00. The fourth-order valence-electron chi connectivity index (χ4n) is 1.62. The van der Waals surface area contributed by atoms with Crippen molar-refractivity contribution in [3.05, 3.63) is 11.1 Å². The highest BCUT2D eigenvalue weighted by molar-refractivity contribution is 7.11. The fourth-order valence-corrected chi connectivity index (χ4v) is 2.34. The van der Waals surface area contributed by atoms with Crippen LogP contribution in [0, 0.1) is 0 Å². The van der Waals surface area contributed by atoms with Gasteiger partial charge in [-0.3, -0.25) is 0 Å². The van der Waals surface area contributed by atoms with Crippen LogP contribution >= 0.6 is 11.3 Å². The highest BCUT2D eigenvalue weighted by Crippen LogP contribution is 2.37. The van der Waals surface area contributed by atoms with Gasteiger partial charge in [-0.05, 0) is 6.92 Å². The van der Waals surface area contributed by atoms with E-state index in [9.17, 15) is 5.11 Å². The topological polar surface area (TPSA) is 51.6 Å². The summed E-state index contributed by atoms with van der Waals surface area (Å²) >= 11 is 1.39. The molecular formula is C9H13NO3S. The molecule has 78 valence electrons. The van der Waals surface area contributed by atoms with Gasteiger partial charge in [0.1, 0.15) is 5.60 Å². The van der Waals surface area contributed by atoms with Crippen LogP contribution in [0.25, 0.3) is 0 Å². The van der Waals surface area contributed by atoms with Gasteiger partial charge in [-0.2, -0.15) is 0 Å². The number of methoxy groups -OCH3 is 1. The van der Waals surface area contributed by atoms with Crippen molar-refractivity contribution in [1.29, 1.82) is 0 Å². The standard InChI is InChI=1S/C9H13NO3S/c1-6-9(11,3-4-13-6)7-5-14-8(10-7)12-2/h5-6,11H,3-4H2,1-2H3. The van der Waals surface area contributed by atoms with Crippen molar-refractivity contribution >= 4 is 11.3 Å².